The van der Waals surface area contributed by atoms with E-state index in [-0.39, 0.29) is 0 Å². The van der Waals surface area contributed by atoms with Gasteiger partial charge in [0.25, 0.3) is 0 Å². The molecule has 3 heteroatoms. The molecule has 0 amide bonds. The smallest absolute Gasteiger partial charge is 0.218 e. The lowest BCUT2D eigenvalue weighted by molar-refractivity contribution is 0.258. The first-order chi connectivity index (χ1) is 7.81. The van der Waals surface area contributed by atoms with Gasteiger partial charge in [0.15, 0.2) is 0 Å². The summed E-state index contributed by atoms with van der Waals surface area (Å²) >= 11 is 0. The van der Waals surface area contributed by atoms with E-state index in [1.807, 2.05) is 0 Å². The minimum absolute atomic E-state index is 0.541. The summed E-state index contributed by atoms with van der Waals surface area (Å²) in [6, 6.07) is 0. The zero-order valence-electron chi connectivity index (χ0n) is 9.96. The largest absolute Gasteiger partial charge is 0.461 e. The fourth-order valence-electron chi connectivity index (χ4n) is 2.34. The van der Waals surface area contributed by atoms with E-state index in [4.69, 9.17) is 4.74 Å². The molecule has 0 aromatic rings. The molecule has 1 saturated carbocycles. The van der Waals surface area contributed by atoms with Crippen molar-refractivity contribution >= 4 is 5.90 Å². The molecule has 0 aromatic heterocycles. The van der Waals surface area contributed by atoms with Gasteiger partial charge >= 0.3 is 0 Å². The molecular weight excluding hydrogens is 200 g/mol. The maximum absolute atomic E-state index is 5.48. The van der Waals surface area contributed by atoms with E-state index in [0.717, 1.165) is 18.0 Å². The first-order valence-electron chi connectivity index (χ1n) is 6.08. The highest BCUT2D eigenvalue weighted by Crippen LogP contribution is 2.32. The van der Waals surface area contributed by atoms with Crippen LogP contribution in [0.2, 0.25) is 0 Å². The van der Waals surface area contributed by atoms with Gasteiger partial charge in [0, 0.05) is 23.7 Å². The summed E-state index contributed by atoms with van der Waals surface area (Å²) in [4.78, 5) is 4.63. The molecule has 0 aromatic carbocycles. The SMILES string of the molecule is C=C1CNCO/C1=N/C(=C\C)C1CCCC1. The lowest BCUT2D eigenvalue weighted by Gasteiger charge is -2.20. The predicted octanol–water partition coefficient (Wildman–Crippen LogP) is 2.61. The van der Waals surface area contributed by atoms with Gasteiger partial charge in [0.1, 0.15) is 6.73 Å². The monoisotopic (exact) mass is 220 g/mol. The van der Waals surface area contributed by atoms with Crippen molar-refractivity contribution in [3.05, 3.63) is 23.9 Å². The highest BCUT2D eigenvalue weighted by atomic mass is 16.5. The first kappa shape index (κ1) is 11.4. The van der Waals surface area contributed by atoms with Crippen molar-refractivity contribution < 1.29 is 4.74 Å². The summed E-state index contributed by atoms with van der Waals surface area (Å²) in [6.07, 6.45) is 7.30. The molecular formula is C13H20N2O. The zero-order valence-corrected chi connectivity index (χ0v) is 9.96. The normalized spacial score (nSPS) is 26.2. The molecule has 2 aliphatic rings. The van der Waals surface area contributed by atoms with Crippen LogP contribution in [0.15, 0.2) is 28.9 Å². The molecule has 2 rings (SSSR count). The molecule has 0 atom stereocenters. The van der Waals surface area contributed by atoms with Gasteiger partial charge in [-0.1, -0.05) is 25.5 Å². The van der Waals surface area contributed by atoms with E-state index >= 15 is 0 Å². The van der Waals surface area contributed by atoms with Crippen LogP contribution < -0.4 is 5.32 Å². The van der Waals surface area contributed by atoms with E-state index in [1.165, 1.54) is 31.4 Å². The third-order valence-electron chi connectivity index (χ3n) is 3.25. The molecule has 3 nitrogen and oxygen atoms in total. The molecule has 0 unspecified atom stereocenters. The zero-order chi connectivity index (χ0) is 11.4. The number of aliphatic imine (C=N–C) groups is 1. The third kappa shape index (κ3) is 2.53. The van der Waals surface area contributed by atoms with Gasteiger partial charge in [-0.05, 0) is 19.8 Å². The second kappa shape index (κ2) is 5.30. The predicted molar refractivity (Wildman–Crippen MR) is 66.2 cm³/mol. The van der Waals surface area contributed by atoms with Crippen LogP contribution in [0.4, 0.5) is 0 Å². The maximum atomic E-state index is 5.48. The standard InChI is InChI=1S/C13H20N2O/c1-3-12(11-6-4-5-7-11)15-13-10(2)8-14-9-16-13/h3,11,14H,2,4-9H2,1H3/b12-3-,15-13+. The second-order valence-corrected chi connectivity index (χ2v) is 4.43. The third-order valence-corrected chi connectivity index (χ3v) is 3.25. The topological polar surface area (TPSA) is 33.6 Å². The van der Waals surface area contributed by atoms with E-state index in [9.17, 15) is 0 Å². The molecule has 1 heterocycles. The van der Waals surface area contributed by atoms with Crippen LogP contribution in [-0.2, 0) is 4.74 Å². The van der Waals surface area contributed by atoms with Crippen LogP contribution in [0.1, 0.15) is 32.6 Å². The molecule has 1 aliphatic heterocycles. The average Bonchev–Trinajstić information content (AvgIpc) is 2.81. The average molecular weight is 220 g/mol. The molecule has 16 heavy (non-hydrogen) atoms. The number of nitrogens with one attached hydrogen (secondary N) is 1. The van der Waals surface area contributed by atoms with Crippen molar-refractivity contribution in [1.82, 2.24) is 5.32 Å². The summed E-state index contributed by atoms with van der Waals surface area (Å²) < 4.78 is 5.48. The van der Waals surface area contributed by atoms with Crippen molar-refractivity contribution in [2.45, 2.75) is 32.6 Å². The fourth-order valence-corrected chi connectivity index (χ4v) is 2.34. The Morgan fingerprint density at radius 1 is 1.50 bits per heavy atom. The van der Waals surface area contributed by atoms with Gasteiger partial charge in [-0.25, -0.2) is 4.99 Å². The molecule has 1 N–H and O–H groups in total. The fraction of sp³-hybridized carbons (Fsp3) is 0.615. The Labute approximate surface area is 97.3 Å². The molecule has 0 radical (unpaired) electrons. The van der Waals surface area contributed by atoms with Crippen LogP contribution in [0.3, 0.4) is 0 Å². The van der Waals surface area contributed by atoms with Crippen molar-refractivity contribution in [2.24, 2.45) is 10.9 Å². The highest BCUT2D eigenvalue weighted by molar-refractivity contribution is 5.94. The lowest BCUT2D eigenvalue weighted by atomic mass is 10.0. The van der Waals surface area contributed by atoms with Crippen molar-refractivity contribution in [2.75, 3.05) is 13.3 Å². The van der Waals surface area contributed by atoms with Crippen LogP contribution in [0.5, 0.6) is 0 Å². The Balaban J connectivity index is 2.09. The van der Waals surface area contributed by atoms with Gasteiger partial charge in [0.05, 0.1) is 0 Å². The quantitative estimate of drug-likeness (QED) is 0.776. The van der Waals surface area contributed by atoms with Gasteiger partial charge in [-0.2, -0.15) is 0 Å². The maximum Gasteiger partial charge on any atom is 0.218 e. The summed E-state index contributed by atoms with van der Waals surface area (Å²) in [6.45, 7) is 7.34. The molecule has 2 fully saturated rings. The van der Waals surface area contributed by atoms with E-state index in [0.29, 0.717) is 12.6 Å². The highest BCUT2D eigenvalue weighted by Gasteiger charge is 2.20. The van der Waals surface area contributed by atoms with Crippen molar-refractivity contribution in [3.8, 4) is 0 Å². The Bertz CT molecular complexity index is 325. The number of nitrogens with zero attached hydrogens (tertiary/aromatic N) is 1. The second-order valence-electron chi connectivity index (χ2n) is 4.43. The van der Waals surface area contributed by atoms with Gasteiger partial charge in [-0.3, -0.25) is 5.32 Å². The van der Waals surface area contributed by atoms with Crippen molar-refractivity contribution in [1.29, 1.82) is 0 Å². The summed E-state index contributed by atoms with van der Waals surface area (Å²) in [5, 5.41) is 3.10. The number of ether oxygens (including phenoxy) is 1. The molecule has 1 saturated heterocycles. The minimum atomic E-state index is 0.541. The Kier molecular flexibility index (Phi) is 3.78. The van der Waals surface area contributed by atoms with E-state index in [2.05, 4.69) is 29.9 Å². The van der Waals surface area contributed by atoms with E-state index < -0.39 is 0 Å². The van der Waals surface area contributed by atoms with Gasteiger partial charge in [0.2, 0.25) is 5.90 Å². The molecule has 88 valence electrons. The molecule has 1 aliphatic carbocycles. The number of rotatable bonds is 2. The summed E-state index contributed by atoms with van der Waals surface area (Å²) in [7, 11) is 0. The van der Waals surface area contributed by atoms with Gasteiger partial charge in [-0.15, -0.1) is 0 Å². The summed E-state index contributed by atoms with van der Waals surface area (Å²) in [5.74, 6) is 1.35. The number of hydrogen-bond acceptors (Lipinski definition) is 3. The Morgan fingerprint density at radius 3 is 2.88 bits per heavy atom. The summed E-state index contributed by atoms with van der Waals surface area (Å²) in [5.41, 5.74) is 2.12. The van der Waals surface area contributed by atoms with E-state index in [1.54, 1.807) is 0 Å². The van der Waals surface area contributed by atoms with Crippen LogP contribution >= 0.6 is 0 Å². The van der Waals surface area contributed by atoms with Gasteiger partial charge < -0.3 is 4.74 Å². The lowest BCUT2D eigenvalue weighted by Crippen LogP contribution is -2.32. The van der Waals surface area contributed by atoms with Crippen LogP contribution in [0.25, 0.3) is 0 Å². The Morgan fingerprint density at radius 2 is 2.25 bits per heavy atom. The van der Waals surface area contributed by atoms with Crippen LogP contribution in [0, 0.1) is 5.92 Å². The van der Waals surface area contributed by atoms with Crippen molar-refractivity contribution in [3.63, 3.8) is 0 Å². The van der Waals surface area contributed by atoms with Crippen LogP contribution in [-0.4, -0.2) is 19.2 Å². The number of allylic oxidation sites excluding steroid dienone is 2. The Hall–Kier alpha value is -1.09. The molecule has 0 spiro atoms. The number of hydrogen-bond donors (Lipinski definition) is 1. The first-order valence-corrected chi connectivity index (χ1v) is 6.08. The minimum Gasteiger partial charge on any atom is -0.461 e. The molecule has 0 bridgehead atoms.